The molecule has 92 valence electrons. The van der Waals surface area contributed by atoms with Crippen molar-refractivity contribution in [3.63, 3.8) is 0 Å². The molecular formula is C10H13ClN4O2. The second kappa shape index (κ2) is 6.32. The van der Waals surface area contributed by atoms with E-state index in [9.17, 15) is 10.2 Å². The van der Waals surface area contributed by atoms with Gasteiger partial charge in [0.2, 0.25) is 0 Å². The van der Waals surface area contributed by atoms with Gasteiger partial charge in [-0.2, -0.15) is 0 Å². The Balaban J connectivity index is 2.73. The third-order valence-electron chi connectivity index (χ3n) is 2.24. The van der Waals surface area contributed by atoms with Crippen LogP contribution in [0.25, 0.3) is 10.4 Å². The molecule has 0 bridgehead atoms. The van der Waals surface area contributed by atoms with Crippen LogP contribution in [0.15, 0.2) is 23.3 Å². The summed E-state index contributed by atoms with van der Waals surface area (Å²) in [6.45, 7) is 0.116. The monoisotopic (exact) mass is 256 g/mol. The Labute approximate surface area is 103 Å². The first kappa shape index (κ1) is 13.6. The number of aliphatic hydroxyl groups excluding tert-OH is 2. The molecule has 0 aliphatic carbocycles. The van der Waals surface area contributed by atoms with Gasteiger partial charge in [0, 0.05) is 22.2 Å². The van der Waals surface area contributed by atoms with Crippen LogP contribution in [0, 0.1) is 0 Å². The third kappa shape index (κ3) is 4.13. The normalized spacial score (nSPS) is 13.8. The van der Waals surface area contributed by atoms with Gasteiger partial charge in [0.15, 0.2) is 0 Å². The molecule has 0 fully saturated rings. The molecule has 17 heavy (non-hydrogen) atoms. The van der Waals surface area contributed by atoms with Gasteiger partial charge < -0.3 is 15.9 Å². The zero-order valence-corrected chi connectivity index (χ0v) is 9.75. The molecule has 1 aromatic rings. The number of nitrogen functional groups attached to an aromatic ring is 1. The Morgan fingerprint density at radius 1 is 1.41 bits per heavy atom. The molecular weight excluding hydrogens is 244 g/mol. The number of rotatable bonds is 5. The first-order valence-electron chi connectivity index (χ1n) is 4.97. The Bertz CT molecular complexity index is 414. The van der Waals surface area contributed by atoms with Gasteiger partial charge in [-0.15, -0.1) is 0 Å². The topological polar surface area (TPSA) is 115 Å². The standard InChI is InChI=1S/C10H13ClN4O2/c11-7-3-6(4-8(12)5-7)10(17)9(16)1-2-14-15-13/h3-5,9-10,16-17H,1-2,12H2. The molecule has 2 atom stereocenters. The van der Waals surface area contributed by atoms with E-state index in [0.717, 1.165) is 0 Å². The fraction of sp³-hybridized carbons (Fsp3) is 0.400. The fourth-order valence-electron chi connectivity index (χ4n) is 1.42. The van der Waals surface area contributed by atoms with Gasteiger partial charge in [-0.3, -0.25) is 0 Å². The predicted molar refractivity (Wildman–Crippen MR) is 65.5 cm³/mol. The highest BCUT2D eigenvalue weighted by molar-refractivity contribution is 6.30. The minimum absolute atomic E-state index is 0.116. The van der Waals surface area contributed by atoms with E-state index >= 15 is 0 Å². The van der Waals surface area contributed by atoms with Crippen molar-refractivity contribution in [3.05, 3.63) is 39.2 Å². The molecule has 4 N–H and O–H groups in total. The summed E-state index contributed by atoms with van der Waals surface area (Å²) in [4.78, 5) is 2.56. The van der Waals surface area contributed by atoms with Crippen LogP contribution in [-0.2, 0) is 0 Å². The maximum absolute atomic E-state index is 9.84. The summed E-state index contributed by atoms with van der Waals surface area (Å²) in [6.07, 6.45) is -1.97. The minimum Gasteiger partial charge on any atom is -0.399 e. The van der Waals surface area contributed by atoms with Gasteiger partial charge in [0.05, 0.1) is 6.10 Å². The van der Waals surface area contributed by atoms with Crippen molar-refractivity contribution in [1.29, 1.82) is 0 Å². The molecule has 0 saturated carbocycles. The molecule has 0 spiro atoms. The second-order valence-corrected chi connectivity index (χ2v) is 4.01. The van der Waals surface area contributed by atoms with Crippen LogP contribution in [0.2, 0.25) is 5.02 Å². The lowest BCUT2D eigenvalue weighted by atomic mass is 10.0. The number of hydrogen-bond acceptors (Lipinski definition) is 4. The number of hydrogen-bond donors (Lipinski definition) is 3. The predicted octanol–water partition coefficient (Wildman–Crippen LogP) is 2.02. The smallest absolute Gasteiger partial charge is 0.105 e. The van der Waals surface area contributed by atoms with Crippen molar-refractivity contribution in [2.75, 3.05) is 12.3 Å². The Hall–Kier alpha value is -1.46. The number of benzene rings is 1. The first-order chi connectivity index (χ1) is 8.04. The maximum Gasteiger partial charge on any atom is 0.105 e. The highest BCUT2D eigenvalue weighted by Gasteiger charge is 2.18. The van der Waals surface area contributed by atoms with Crippen molar-refractivity contribution < 1.29 is 10.2 Å². The summed E-state index contributed by atoms with van der Waals surface area (Å²) in [5.74, 6) is 0. The maximum atomic E-state index is 9.84. The number of nitrogens with zero attached hydrogens (tertiary/aromatic N) is 3. The lowest BCUT2D eigenvalue weighted by molar-refractivity contribution is 0.0151. The third-order valence-corrected chi connectivity index (χ3v) is 2.45. The van der Waals surface area contributed by atoms with Gasteiger partial charge >= 0.3 is 0 Å². The van der Waals surface area contributed by atoms with Crippen molar-refractivity contribution in [3.8, 4) is 0 Å². The summed E-state index contributed by atoms with van der Waals surface area (Å²) in [5.41, 5.74) is 14.5. The van der Waals surface area contributed by atoms with E-state index in [2.05, 4.69) is 10.0 Å². The number of nitrogens with two attached hydrogens (primary N) is 1. The Morgan fingerprint density at radius 3 is 2.71 bits per heavy atom. The van der Waals surface area contributed by atoms with Gasteiger partial charge in [0.1, 0.15) is 6.10 Å². The molecule has 1 rings (SSSR count). The van der Waals surface area contributed by atoms with Gasteiger partial charge in [-0.05, 0) is 35.7 Å². The second-order valence-electron chi connectivity index (χ2n) is 3.57. The molecule has 0 radical (unpaired) electrons. The zero-order valence-electron chi connectivity index (χ0n) is 8.99. The van der Waals surface area contributed by atoms with Crippen LogP contribution in [0.3, 0.4) is 0 Å². The van der Waals surface area contributed by atoms with E-state index in [1.807, 2.05) is 0 Å². The van der Waals surface area contributed by atoms with Crippen molar-refractivity contribution in [2.24, 2.45) is 5.11 Å². The quantitative estimate of drug-likeness (QED) is 0.324. The summed E-state index contributed by atoms with van der Waals surface area (Å²) in [7, 11) is 0. The minimum atomic E-state index is -1.11. The van der Waals surface area contributed by atoms with Crippen LogP contribution in [0.5, 0.6) is 0 Å². The van der Waals surface area contributed by atoms with Crippen LogP contribution in [-0.4, -0.2) is 22.9 Å². The van der Waals surface area contributed by atoms with Crippen LogP contribution < -0.4 is 5.73 Å². The first-order valence-corrected chi connectivity index (χ1v) is 5.35. The molecule has 7 heteroatoms. The zero-order chi connectivity index (χ0) is 12.8. The van der Waals surface area contributed by atoms with E-state index < -0.39 is 12.2 Å². The molecule has 0 aliphatic rings. The average Bonchev–Trinajstić information content (AvgIpc) is 2.27. The number of anilines is 1. The lowest BCUT2D eigenvalue weighted by Gasteiger charge is -2.18. The lowest BCUT2D eigenvalue weighted by Crippen LogP contribution is -2.19. The van der Waals surface area contributed by atoms with Crippen molar-refractivity contribution in [1.82, 2.24) is 0 Å². The Morgan fingerprint density at radius 2 is 2.12 bits per heavy atom. The molecule has 0 heterocycles. The highest BCUT2D eigenvalue weighted by atomic mass is 35.5. The highest BCUT2D eigenvalue weighted by Crippen LogP contribution is 2.25. The average molecular weight is 257 g/mol. The molecule has 6 nitrogen and oxygen atoms in total. The van der Waals surface area contributed by atoms with Gasteiger partial charge in [0.25, 0.3) is 0 Å². The van der Waals surface area contributed by atoms with Gasteiger partial charge in [-0.1, -0.05) is 16.7 Å². The largest absolute Gasteiger partial charge is 0.399 e. The Kier molecular flexibility index (Phi) is 5.06. The van der Waals surface area contributed by atoms with Crippen molar-refractivity contribution in [2.45, 2.75) is 18.6 Å². The summed E-state index contributed by atoms with van der Waals surface area (Å²) < 4.78 is 0. The fourth-order valence-corrected chi connectivity index (χ4v) is 1.67. The van der Waals surface area contributed by atoms with E-state index in [0.29, 0.717) is 16.3 Å². The van der Waals surface area contributed by atoms with Crippen molar-refractivity contribution >= 4 is 17.3 Å². The van der Waals surface area contributed by atoms with E-state index in [4.69, 9.17) is 22.9 Å². The van der Waals surface area contributed by atoms with E-state index in [1.54, 1.807) is 6.07 Å². The molecule has 0 amide bonds. The molecule has 0 saturated heterocycles. The SMILES string of the molecule is [N-]=[N+]=NCCC(O)C(O)c1cc(N)cc(Cl)c1. The molecule has 1 aromatic carbocycles. The number of halogens is 1. The van der Waals surface area contributed by atoms with E-state index in [-0.39, 0.29) is 13.0 Å². The number of azide groups is 1. The molecule has 0 aromatic heterocycles. The van der Waals surface area contributed by atoms with Crippen LogP contribution >= 0.6 is 11.6 Å². The summed E-state index contributed by atoms with van der Waals surface area (Å²) in [6, 6.07) is 4.61. The summed E-state index contributed by atoms with van der Waals surface area (Å²) >= 11 is 5.79. The molecule has 2 unspecified atom stereocenters. The van der Waals surface area contributed by atoms with Gasteiger partial charge in [-0.25, -0.2) is 0 Å². The molecule has 0 aliphatic heterocycles. The number of aliphatic hydroxyl groups is 2. The van der Waals surface area contributed by atoms with Crippen LogP contribution in [0.4, 0.5) is 5.69 Å². The summed E-state index contributed by atoms with van der Waals surface area (Å²) in [5, 5.41) is 23.2. The van der Waals surface area contributed by atoms with Crippen LogP contribution in [0.1, 0.15) is 18.1 Å². The van der Waals surface area contributed by atoms with E-state index in [1.165, 1.54) is 12.1 Å².